The summed E-state index contributed by atoms with van der Waals surface area (Å²) in [6, 6.07) is 10.8. The average molecular weight is 479 g/mol. The molecule has 3 aromatic rings. The smallest absolute Gasteiger partial charge is 0.229 e. The van der Waals surface area contributed by atoms with Gasteiger partial charge in [0.1, 0.15) is 22.4 Å². The molecule has 0 unspecified atom stereocenters. The molecule has 0 aliphatic carbocycles. The van der Waals surface area contributed by atoms with Crippen LogP contribution in [0.25, 0.3) is 11.0 Å². The van der Waals surface area contributed by atoms with E-state index < -0.39 is 15.6 Å². The maximum atomic E-state index is 12.9. The van der Waals surface area contributed by atoms with E-state index in [1.807, 2.05) is 18.2 Å². The maximum absolute atomic E-state index is 12.9. The van der Waals surface area contributed by atoms with Gasteiger partial charge in [0.15, 0.2) is 5.78 Å². The Morgan fingerprint density at radius 3 is 2.59 bits per heavy atom. The number of piperidine rings is 1. The summed E-state index contributed by atoms with van der Waals surface area (Å²) in [4.78, 5) is 15.2. The Balaban J connectivity index is 0.00000245. The molecule has 11 heteroatoms. The zero-order chi connectivity index (χ0) is 21.6. The van der Waals surface area contributed by atoms with E-state index in [2.05, 4.69) is 19.9 Å². The van der Waals surface area contributed by atoms with Crippen molar-refractivity contribution in [3.8, 4) is 5.75 Å². The van der Waals surface area contributed by atoms with Gasteiger partial charge < -0.3 is 4.74 Å². The molecule has 1 aromatic heterocycles. The first-order valence-electron chi connectivity index (χ1n) is 10.1. The first-order valence-corrected chi connectivity index (χ1v) is 12.0. The lowest BCUT2D eigenvalue weighted by Gasteiger charge is -2.44. The third-order valence-electron chi connectivity index (χ3n) is 5.88. The standard InChI is InChI=1S/C21H22N4O5S.ClH/c1-31(27,28)24-15-3-5-20-16(11-15)19(26)12-21(29-20)6-8-25(9-7-21)13-14-2-4-17-18(10-14)23-30-22-17;/h2-5,10-11,24H,6-9,12-13H2,1H3;1H. The summed E-state index contributed by atoms with van der Waals surface area (Å²) in [5.41, 5.74) is 2.90. The summed E-state index contributed by atoms with van der Waals surface area (Å²) < 4.78 is 36.4. The number of aromatic nitrogens is 2. The molecular formula is C21H23ClN4O5S. The monoisotopic (exact) mass is 478 g/mol. The molecule has 32 heavy (non-hydrogen) atoms. The zero-order valence-electron chi connectivity index (χ0n) is 17.4. The Hall–Kier alpha value is -2.69. The number of ketones is 1. The number of ether oxygens (including phenoxy) is 1. The zero-order valence-corrected chi connectivity index (χ0v) is 19.0. The minimum absolute atomic E-state index is 0. The van der Waals surface area contributed by atoms with Crippen molar-refractivity contribution in [3.05, 3.63) is 47.5 Å². The number of likely N-dealkylation sites (tertiary alicyclic amines) is 1. The number of rotatable bonds is 4. The summed E-state index contributed by atoms with van der Waals surface area (Å²) in [6.45, 7) is 2.40. The topological polar surface area (TPSA) is 115 Å². The third-order valence-corrected chi connectivity index (χ3v) is 6.49. The summed E-state index contributed by atoms with van der Waals surface area (Å²) in [7, 11) is -3.41. The molecule has 2 aromatic carbocycles. The molecule has 9 nitrogen and oxygen atoms in total. The van der Waals surface area contributed by atoms with Gasteiger partial charge in [-0.3, -0.25) is 14.4 Å². The highest BCUT2D eigenvalue weighted by atomic mass is 35.5. The first kappa shape index (κ1) is 22.5. The molecule has 0 saturated carbocycles. The van der Waals surface area contributed by atoms with Gasteiger partial charge >= 0.3 is 0 Å². The van der Waals surface area contributed by atoms with Gasteiger partial charge in [-0.05, 0) is 46.2 Å². The van der Waals surface area contributed by atoms with Gasteiger partial charge in [0.2, 0.25) is 10.0 Å². The summed E-state index contributed by atoms with van der Waals surface area (Å²) >= 11 is 0. The van der Waals surface area contributed by atoms with Gasteiger partial charge in [0.25, 0.3) is 0 Å². The molecule has 0 bridgehead atoms. The lowest BCUT2D eigenvalue weighted by atomic mass is 9.82. The summed E-state index contributed by atoms with van der Waals surface area (Å²) in [6.07, 6.45) is 2.87. The molecule has 3 heterocycles. The number of carbonyl (C=O) groups is 1. The van der Waals surface area contributed by atoms with Crippen molar-refractivity contribution < 1.29 is 22.6 Å². The van der Waals surface area contributed by atoms with Crippen LogP contribution >= 0.6 is 12.4 Å². The van der Waals surface area contributed by atoms with Crippen LogP contribution in [0.4, 0.5) is 5.69 Å². The molecule has 170 valence electrons. The van der Waals surface area contributed by atoms with Crippen molar-refractivity contribution in [2.24, 2.45) is 0 Å². The fraction of sp³-hybridized carbons (Fsp3) is 0.381. The largest absolute Gasteiger partial charge is 0.486 e. The van der Waals surface area contributed by atoms with Crippen LogP contribution in [0, 0.1) is 0 Å². The molecule has 5 rings (SSSR count). The molecule has 1 fully saturated rings. The van der Waals surface area contributed by atoms with Crippen molar-refractivity contribution in [2.45, 2.75) is 31.4 Å². The number of halogens is 1. The van der Waals surface area contributed by atoms with Gasteiger partial charge in [-0.1, -0.05) is 6.07 Å². The number of fused-ring (bicyclic) bond motifs is 2. The fourth-order valence-corrected chi connectivity index (χ4v) is 4.91. The van der Waals surface area contributed by atoms with Crippen LogP contribution in [0.1, 0.15) is 35.2 Å². The molecule has 1 saturated heterocycles. The molecule has 2 aliphatic heterocycles. The maximum Gasteiger partial charge on any atom is 0.229 e. The Kier molecular flexibility index (Phi) is 5.87. The fourth-order valence-electron chi connectivity index (χ4n) is 4.35. The van der Waals surface area contributed by atoms with Crippen molar-refractivity contribution in [2.75, 3.05) is 24.1 Å². The molecule has 2 aliphatic rings. The Morgan fingerprint density at radius 2 is 1.84 bits per heavy atom. The van der Waals surface area contributed by atoms with E-state index in [1.165, 1.54) is 0 Å². The van der Waals surface area contributed by atoms with E-state index in [-0.39, 0.29) is 18.2 Å². The van der Waals surface area contributed by atoms with E-state index in [4.69, 9.17) is 9.37 Å². The molecule has 1 N–H and O–H groups in total. The number of Topliss-reactive ketones (excluding diaryl/α,β-unsaturated/α-hetero) is 1. The van der Waals surface area contributed by atoms with Crippen LogP contribution in [0.15, 0.2) is 41.0 Å². The van der Waals surface area contributed by atoms with Crippen molar-refractivity contribution in [1.29, 1.82) is 0 Å². The normalized spacial score (nSPS) is 18.1. The first-order chi connectivity index (χ1) is 14.8. The molecule has 0 radical (unpaired) electrons. The van der Waals surface area contributed by atoms with E-state index in [0.29, 0.717) is 23.4 Å². The van der Waals surface area contributed by atoms with Gasteiger partial charge in [0, 0.05) is 38.2 Å². The second-order valence-electron chi connectivity index (χ2n) is 8.33. The number of sulfonamides is 1. The van der Waals surface area contributed by atoms with Crippen LogP contribution in [-0.2, 0) is 16.6 Å². The highest BCUT2D eigenvalue weighted by molar-refractivity contribution is 7.92. The lowest BCUT2D eigenvalue weighted by molar-refractivity contribution is -0.0107. The van der Waals surface area contributed by atoms with Crippen LogP contribution in [0.3, 0.4) is 0 Å². The Labute approximate surface area is 191 Å². The van der Waals surface area contributed by atoms with E-state index >= 15 is 0 Å². The van der Waals surface area contributed by atoms with E-state index in [9.17, 15) is 13.2 Å². The Bertz CT molecular complexity index is 1270. The van der Waals surface area contributed by atoms with E-state index in [0.717, 1.165) is 55.3 Å². The molecule has 1 spiro atoms. The van der Waals surface area contributed by atoms with Gasteiger partial charge in [-0.15, -0.1) is 12.4 Å². The van der Waals surface area contributed by atoms with Crippen molar-refractivity contribution in [1.82, 2.24) is 15.2 Å². The van der Waals surface area contributed by atoms with Crippen LogP contribution in [0.5, 0.6) is 5.75 Å². The van der Waals surface area contributed by atoms with Gasteiger partial charge in [-0.25, -0.2) is 13.0 Å². The number of anilines is 1. The Morgan fingerprint density at radius 1 is 1.09 bits per heavy atom. The second-order valence-corrected chi connectivity index (χ2v) is 10.1. The molecule has 0 amide bonds. The number of hydrogen-bond donors (Lipinski definition) is 1. The lowest BCUT2D eigenvalue weighted by Crippen LogP contribution is -2.50. The van der Waals surface area contributed by atoms with E-state index in [1.54, 1.807) is 18.2 Å². The quantitative estimate of drug-likeness (QED) is 0.608. The minimum Gasteiger partial charge on any atom is -0.486 e. The van der Waals surface area contributed by atoms with Crippen molar-refractivity contribution in [3.63, 3.8) is 0 Å². The number of benzene rings is 2. The number of hydrogen-bond acceptors (Lipinski definition) is 8. The van der Waals surface area contributed by atoms with Crippen LogP contribution in [0.2, 0.25) is 0 Å². The predicted molar refractivity (Wildman–Crippen MR) is 121 cm³/mol. The molecular weight excluding hydrogens is 456 g/mol. The second kappa shape index (κ2) is 8.34. The van der Waals surface area contributed by atoms with Crippen molar-refractivity contribution >= 4 is 44.9 Å². The summed E-state index contributed by atoms with van der Waals surface area (Å²) in [5, 5.41) is 7.73. The summed E-state index contributed by atoms with van der Waals surface area (Å²) in [5.74, 6) is 0.503. The average Bonchev–Trinajstić information content (AvgIpc) is 3.17. The third kappa shape index (κ3) is 4.57. The predicted octanol–water partition coefficient (Wildman–Crippen LogP) is 3.02. The number of nitrogens with one attached hydrogen (secondary N) is 1. The SMILES string of the molecule is CS(=O)(=O)Nc1ccc2c(c1)C(=O)CC1(CCN(Cc3ccc4nonc4c3)CC1)O2.Cl. The highest BCUT2D eigenvalue weighted by Crippen LogP contribution is 2.40. The van der Waals surface area contributed by atoms with Gasteiger partial charge in [-0.2, -0.15) is 0 Å². The molecule has 0 atom stereocenters. The minimum atomic E-state index is -3.41. The highest BCUT2D eigenvalue weighted by Gasteiger charge is 2.43. The van der Waals surface area contributed by atoms with Crippen LogP contribution < -0.4 is 9.46 Å². The van der Waals surface area contributed by atoms with Gasteiger partial charge in [0.05, 0.1) is 18.2 Å². The van der Waals surface area contributed by atoms with Crippen LogP contribution in [-0.4, -0.2) is 54.4 Å². The number of carbonyl (C=O) groups excluding carboxylic acids is 1. The number of nitrogens with zero attached hydrogens (tertiary/aromatic N) is 3.